The van der Waals surface area contributed by atoms with Gasteiger partial charge in [-0.1, -0.05) is 35.5 Å². The predicted molar refractivity (Wildman–Crippen MR) is 109 cm³/mol. The normalized spacial score (nSPS) is 16.0. The van der Waals surface area contributed by atoms with E-state index in [4.69, 9.17) is 5.10 Å². The average molecular weight is 461 g/mol. The number of hydrogen-bond donors (Lipinski definition) is 1. The first kappa shape index (κ1) is 21.4. The third-order valence-electron chi connectivity index (χ3n) is 4.73. The Morgan fingerprint density at radius 2 is 1.97 bits per heavy atom. The third-order valence-corrected chi connectivity index (χ3v) is 4.73. The number of aromatic nitrogens is 2. The number of nitrogens with one attached hydrogen (secondary N) is 1. The molecule has 1 aliphatic heterocycles. The molecule has 29 heavy (non-hydrogen) atoms. The maximum absolute atomic E-state index is 12.7. The fourth-order valence-electron chi connectivity index (χ4n) is 3.35. The number of hydrogen-bond acceptors (Lipinski definition) is 3. The van der Waals surface area contributed by atoms with Crippen molar-refractivity contribution in [2.24, 2.45) is 5.10 Å². The quantitative estimate of drug-likeness (QED) is 0.595. The molecule has 6 nitrogen and oxygen atoms in total. The molecule has 4 rings (SSSR count). The van der Waals surface area contributed by atoms with Crippen LogP contribution in [0.2, 0.25) is 0 Å². The van der Waals surface area contributed by atoms with Crippen LogP contribution in [-0.2, 0) is 32.7 Å². The molecule has 3 aromatic rings. The zero-order valence-electron chi connectivity index (χ0n) is 16.5. The largest absolute Gasteiger partial charge is 0.340 e. The van der Waals surface area contributed by atoms with Crippen LogP contribution in [0.15, 0.2) is 66.0 Å². The predicted octanol–water partition coefficient (Wildman–Crippen LogP) is 4.18. The fraction of sp³-hybridized carbons (Fsp3) is 0.227. The van der Waals surface area contributed by atoms with Crippen molar-refractivity contribution in [3.05, 3.63) is 83.7 Å². The van der Waals surface area contributed by atoms with Gasteiger partial charge in [0.1, 0.15) is 0 Å². The van der Waals surface area contributed by atoms with Crippen molar-refractivity contribution in [1.29, 1.82) is 0 Å². The molecule has 0 aliphatic carbocycles. The average Bonchev–Trinajstić information content (AvgIpc) is 3.14. The summed E-state index contributed by atoms with van der Waals surface area (Å²) in [6.07, 6.45) is 4.61. The van der Waals surface area contributed by atoms with Gasteiger partial charge in [0, 0.05) is 51.0 Å². The molecule has 1 aliphatic rings. The molecule has 1 atom stereocenters. The van der Waals surface area contributed by atoms with E-state index in [2.05, 4.69) is 35.5 Å². The Labute approximate surface area is 195 Å². The van der Waals surface area contributed by atoms with Crippen LogP contribution in [0, 0.1) is 19.9 Å². The van der Waals surface area contributed by atoms with Crippen molar-refractivity contribution in [3.8, 4) is 0 Å². The molecule has 0 saturated heterocycles. The first-order valence-corrected chi connectivity index (χ1v) is 9.31. The number of carbonyl (C=O) groups excluding carboxylic acids is 1. The maximum atomic E-state index is 12.7. The van der Waals surface area contributed by atoms with E-state index in [0.29, 0.717) is 6.54 Å². The van der Waals surface area contributed by atoms with Gasteiger partial charge in [0.25, 0.3) is 0 Å². The van der Waals surface area contributed by atoms with Crippen LogP contribution in [0.5, 0.6) is 0 Å². The van der Waals surface area contributed by atoms with Crippen LogP contribution < -0.4 is 5.32 Å². The van der Waals surface area contributed by atoms with E-state index in [1.807, 2.05) is 48.3 Å². The molecular weight excluding hydrogens is 439 g/mol. The molecule has 1 radical (unpaired) electrons. The molecule has 1 aromatic heterocycles. The van der Waals surface area contributed by atoms with Crippen molar-refractivity contribution in [2.45, 2.75) is 26.3 Å². The first-order valence-electron chi connectivity index (χ1n) is 9.31. The Kier molecular flexibility index (Phi) is 6.98. The number of nitrogens with zero attached hydrogens (tertiary/aromatic N) is 4. The van der Waals surface area contributed by atoms with E-state index in [0.717, 1.165) is 34.5 Å². The molecule has 2 heterocycles. The Balaban J connectivity index is 0.00000240. The van der Waals surface area contributed by atoms with E-state index in [1.54, 1.807) is 12.1 Å². The molecule has 0 saturated carbocycles. The van der Waals surface area contributed by atoms with E-state index < -0.39 is 0 Å². The van der Waals surface area contributed by atoms with E-state index in [-0.39, 0.29) is 44.8 Å². The number of urea groups is 1. The molecule has 1 N–H and O–H groups in total. The van der Waals surface area contributed by atoms with Crippen LogP contribution in [0.25, 0.3) is 0 Å². The summed E-state index contributed by atoms with van der Waals surface area (Å²) >= 11 is 0. The zero-order valence-corrected chi connectivity index (χ0v) is 19.4. The molecular formula is C22H22N5OY-. The SMILES string of the molecule is Cc1cccc(C2=NN(C(=O)Nc3cc[c-]cc3)CCC2n2cc(C)cn2)c1.[Y]. The molecule has 0 fully saturated rings. The second-order valence-corrected chi connectivity index (χ2v) is 7.00. The van der Waals surface area contributed by atoms with Gasteiger partial charge < -0.3 is 5.32 Å². The summed E-state index contributed by atoms with van der Waals surface area (Å²) in [6.45, 7) is 4.59. The number of rotatable bonds is 3. The van der Waals surface area contributed by atoms with Crippen molar-refractivity contribution in [1.82, 2.24) is 14.8 Å². The van der Waals surface area contributed by atoms with Gasteiger partial charge in [-0.3, -0.25) is 4.68 Å². The van der Waals surface area contributed by atoms with Crippen LogP contribution in [0.1, 0.15) is 29.2 Å². The number of hydrazone groups is 1. The summed E-state index contributed by atoms with van der Waals surface area (Å²) in [5.74, 6) is 0. The standard InChI is InChI=1S/C22H22N5O.Y/c1-16-7-6-8-18(13-16)21-20(27-15-17(2)14-23-27)11-12-26(25-21)22(28)24-19-9-4-3-5-10-19;/h4-10,13-15,20H,11-12H2,1-2H3,(H,24,28);/q-1;. The second kappa shape index (κ2) is 9.46. The summed E-state index contributed by atoms with van der Waals surface area (Å²) in [5, 5.41) is 13.6. The van der Waals surface area contributed by atoms with Gasteiger partial charge in [-0.05, 0) is 25.8 Å². The third kappa shape index (κ3) is 5.00. The number of anilines is 1. The van der Waals surface area contributed by atoms with Gasteiger partial charge in [-0.2, -0.15) is 28.4 Å². The van der Waals surface area contributed by atoms with Gasteiger partial charge in [-0.15, -0.1) is 12.1 Å². The molecule has 2 aromatic carbocycles. The van der Waals surface area contributed by atoms with Crippen LogP contribution in [0.4, 0.5) is 10.5 Å². The summed E-state index contributed by atoms with van der Waals surface area (Å²) in [7, 11) is 0. The molecule has 0 bridgehead atoms. The topological polar surface area (TPSA) is 62.5 Å². The molecule has 0 spiro atoms. The van der Waals surface area contributed by atoms with E-state index in [1.165, 1.54) is 5.01 Å². The Morgan fingerprint density at radius 1 is 1.17 bits per heavy atom. The smallest absolute Gasteiger partial charge is 0.330 e. The summed E-state index contributed by atoms with van der Waals surface area (Å²) in [6, 6.07) is 18.0. The van der Waals surface area contributed by atoms with E-state index in [9.17, 15) is 4.79 Å². The van der Waals surface area contributed by atoms with Gasteiger partial charge in [-0.25, -0.2) is 9.80 Å². The maximum Gasteiger partial charge on any atom is 0.340 e. The second-order valence-electron chi connectivity index (χ2n) is 7.00. The molecule has 2 amide bonds. The van der Waals surface area contributed by atoms with Crippen LogP contribution in [-0.4, -0.2) is 33.1 Å². The van der Waals surface area contributed by atoms with Gasteiger partial charge >= 0.3 is 6.03 Å². The minimum atomic E-state index is -0.244. The van der Waals surface area contributed by atoms with Crippen molar-refractivity contribution in [2.75, 3.05) is 11.9 Å². The Hall–Kier alpha value is -2.31. The minimum Gasteiger partial charge on any atom is -0.330 e. The van der Waals surface area contributed by atoms with Gasteiger partial charge in [0.05, 0.1) is 18.0 Å². The van der Waals surface area contributed by atoms with Gasteiger partial charge in [0.2, 0.25) is 0 Å². The number of benzene rings is 2. The van der Waals surface area contributed by atoms with Crippen molar-refractivity contribution < 1.29 is 37.5 Å². The number of aryl methyl sites for hydroxylation is 2. The first-order chi connectivity index (χ1) is 13.6. The van der Waals surface area contributed by atoms with Crippen molar-refractivity contribution >= 4 is 17.4 Å². The van der Waals surface area contributed by atoms with Crippen LogP contribution >= 0.6 is 0 Å². The fourth-order valence-corrected chi connectivity index (χ4v) is 3.35. The number of carbonyl (C=O) groups is 1. The molecule has 7 heteroatoms. The molecule has 1 unspecified atom stereocenters. The van der Waals surface area contributed by atoms with E-state index >= 15 is 0 Å². The van der Waals surface area contributed by atoms with Crippen LogP contribution in [0.3, 0.4) is 0 Å². The summed E-state index contributed by atoms with van der Waals surface area (Å²) < 4.78 is 1.94. The molecule has 145 valence electrons. The zero-order chi connectivity index (χ0) is 19.5. The van der Waals surface area contributed by atoms with Gasteiger partial charge in [0.15, 0.2) is 0 Å². The summed E-state index contributed by atoms with van der Waals surface area (Å²) in [5.41, 5.74) is 4.82. The Morgan fingerprint density at radius 3 is 2.66 bits per heavy atom. The van der Waals surface area contributed by atoms with Crippen molar-refractivity contribution in [3.63, 3.8) is 0 Å². The Bertz CT molecular complexity index is 1010. The number of amides is 2. The summed E-state index contributed by atoms with van der Waals surface area (Å²) in [4.78, 5) is 12.7. The minimum absolute atomic E-state index is 0. The monoisotopic (exact) mass is 461 g/mol.